The van der Waals surface area contributed by atoms with Crippen molar-refractivity contribution in [3.63, 3.8) is 0 Å². The highest BCUT2D eigenvalue weighted by Crippen LogP contribution is 2.20. The molecule has 1 saturated heterocycles. The van der Waals surface area contributed by atoms with Crippen molar-refractivity contribution in [3.05, 3.63) is 57.8 Å². The van der Waals surface area contributed by atoms with Crippen LogP contribution in [0.4, 0.5) is 0 Å². The van der Waals surface area contributed by atoms with E-state index in [9.17, 15) is 9.59 Å². The monoisotopic (exact) mass is 344 g/mol. The smallest absolute Gasteiger partial charge is 0.345 e. The maximum atomic E-state index is 12.5. The van der Waals surface area contributed by atoms with Gasteiger partial charge in [-0.3, -0.25) is 4.79 Å². The zero-order chi connectivity index (χ0) is 16.9. The van der Waals surface area contributed by atoms with E-state index in [0.29, 0.717) is 5.56 Å². The summed E-state index contributed by atoms with van der Waals surface area (Å²) in [4.78, 5) is 26.0. The number of amides is 1. The molecule has 3 rings (SSSR count). The lowest BCUT2D eigenvalue weighted by Gasteiger charge is -2.24. The van der Waals surface area contributed by atoms with Gasteiger partial charge in [-0.05, 0) is 37.6 Å². The second kappa shape index (κ2) is 7.59. The Labute approximate surface area is 144 Å². The molecule has 1 fully saturated rings. The zero-order valence-corrected chi connectivity index (χ0v) is 14.1. The van der Waals surface area contributed by atoms with Gasteiger partial charge in [-0.15, -0.1) is 11.3 Å². The van der Waals surface area contributed by atoms with E-state index < -0.39 is 5.97 Å². The molecule has 1 aromatic heterocycles. The molecule has 1 aromatic carbocycles. The fourth-order valence-electron chi connectivity index (χ4n) is 2.95. The molecule has 1 atom stereocenters. The standard InChI is InChI=1S/C18H20N2O3S/c21-17(14-10-16(18(22)23)24-12-14)19-15(11-20-8-4-5-9-20)13-6-2-1-3-7-13/h1-3,6-7,10,12,15H,4-5,8-9,11H2,(H,19,21)(H,22,23). The summed E-state index contributed by atoms with van der Waals surface area (Å²) in [7, 11) is 0. The molecule has 6 heteroatoms. The minimum Gasteiger partial charge on any atom is -0.477 e. The Hall–Kier alpha value is -2.18. The van der Waals surface area contributed by atoms with Crippen molar-refractivity contribution in [1.29, 1.82) is 0 Å². The number of hydrogen-bond donors (Lipinski definition) is 2. The SMILES string of the molecule is O=C(NC(CN1CCCC1)c1ccccc1)c1csc(C(=O)O)c1. The summed E-state index contributed by atoms with van der Waals surface area (Å²) >= 11 is 1.07. The molecular weight excluding hydrogens is 324 g/mol. The van der Waals surface area contributed by atoms with Gasteiger partial charge in [0, 0.05) is 11.9 Å². The average Bonchev–Trinajstić information content (AvgIpc) is 3.26. The second-order valence-corrected chi connectivity index (χ2v) is 6.86. The minimum absolute atomic E-state index is 0.107. The molecule has 2 N–H and O–H groups in total. The van der Waals surface area contributed by atoms with E-state index >= 15 is 0 Å². The fraction of sp³-hybridized carbons (Fsp3) is 0.333. The average molecular weight is 344 g/mol. The quantitative estimate of drug-likeness (QED) is 0.845. The van der Waals surface area contributed by atoms with Gasteiger partial charge in [0.15, 0.2) is 0 Å². The van der Waals surface area contributed by atoms with Crippen molar-refractivity contribution < 1.29 is 14.7 Å². The van der Waals surface area contributed by atoms with Gasteiger partial charge in [-0.25, -0.2) is 4.79 Å². The summed E-state index contributed by atoms with van der Waals surface area (Å²) in [6, 6.07) is 11.2. The number of carbonyl (C=O) groups is 2. The summed E-state index contributed by atoms with van der Waals surface area (Å²) in [5.41, 5.74) is 1.46. The summed E-state index contributed by atoms with van der Waals surface area (Å²) in [6.07, 6.45) is 2.39. The zero-order valence-electron chi connectivity index (χ0n) is 13.3. The molecule has 2 aromatic rings. The maximum absolute atomic E-state index is 12.5. The summed E-state index contributed by atoms with van der Waals surface area (Å²) in [6.45, 7) is 2.88. The number of hydrogen-bond acceptors (Lipinski definition) is 4. The van der Waals surface area contributed by atoms with Crippen LogP contribution in [0.3, 0.4) is 0 Å². The summed E-state index contributed by atoms with van der Waals surface area (Å²) in [5, 5.41) is 13.7. The Morgan fingerprint density at radius 1 is 1.21 bits per heavy atom. The predicted octanol–water partition coefficient (Wildman–Crippen LogP) is 3.01. The molecule has 0 saturated carbocycles. The molecule has 1 aliphatic heterocycles. The van der Waals surface area contributed by atoms with E-state index in [1.165, 1.54) is 18.9 Å². The number of thiophene rings is 1. The van der Waals surface area contributed by atoms with Crippen LogP contribution in [0.5, 0.6) is 0 Å². The van der Waals surface area contributed by atoms with Crippen LogP contribution in [0, 0.1) is 0 Å². The molecule has 1 unspecified atom stereocenters. The lowest BCUT2D eigenvalue weighted by molar-refractivity contribution is 0.0702. The third-order valence-electron chi connectivity index (χ3n) is 4.22. The van der Waals surface area contributed by atoms with Crippen LogP contribution < -0.4 is 5.32 Å². The number of carboxylic acid groups (broad SMARTS) is 1. The largest absolute Gasteiger partial charge is 0.477 e. The van der Waals surface area contributed by atoms with E-state index in [-0.39, 0.29) is 16.8 Å². The van der Waals surface area contributed by atoms with Gasteiger partial charge in [-0.2, -0.15) is 0 Å². The van der Waals surface area contributed by atoms with Crippen molar-refractivity contribution in [2.75, 3.05) is 19.6 Å². The summed E-state index contributed by atoms with van der Waals surface area (Å²) in [5.74, 6) is -1.23. The first-order chi connectivity index (χ1) is 11.6. The Morgan fingerprint density at radius 2 is 1.92 bits per heavy atom. The fourth-order valence-corrected chi connectivity index (χ4v) is 3.68. The molecular formula is C18H20N2O3S. The molecule has 0 bridgehead atoms. The highest BCUT2D eigenvalue weighted by Gasteiger charge is 2.22. The molecule has 0 spiro atoms. The van der Waals surface area contributed by atoms with E-state index in [4.69, 9.17) is 5.11 Å². The first-order valence-corrected chi connectivity index (χ1v) is 8.91. The van der Waals surface area contributed by atoms with Crippen LogP contribution in [-0.2, 0) is 0 Å². The number of carboxylic acids is 1. The Kier molecular flexibility index (Phi) is 5.27. The van der Waals surface area contributed by atoms with E-state index in [1.54, 1.807) is 5.38 Å². The van der Waals surface area contributed by atoms with Crippen molar-refractivity contribution in [3.8, 4) is 0 Å². The molecule has 2 heterocycles. The highest BCUT2D eigenvalue weighted by atomic mass is 32.1. The van der Waals surface area contributed by atoms with Crippen LogP contribution in [-0.4, -0.2) is 41.5 Å². The topological polar surface area (TPSA) is 69.6 Å². The van der Waals surface area contributed by atoms with Gasteiger partial charge in [0.25, 0.3) is 5.91 Å². The second-order valence-electron chi connectivity index (χ2n) is 5.95. The van der Waals surface area contributed by atoms with Gasteiger partial charge < -0.3 is 15.3 Å². The van der Waals surface area contributed by atoms with Crippen molar-refractivity contribution in [2.45, 2.75) is 18.9 Å². The molecule has 126 valence electrons. The van der Waals surface area contributed by atoms with Crippen molar-refractivity contribution >= 4 is 23.2 Å². The normalized spacial score (nSPS) is 16.0. The molecule has 5 nitrogen and oxygen atoms in total. The Balaban J connectivity index is 1.74. The van der Waals surface area contributed by atoms with E-state index in [2.05, 4.69) is 10.2 Å². The number of carbonyl (C=O) groups excluding carboxylic acids is 1. The number of rotatable bonds is 6. The Bertz CT molecular complexity index is 708. The first kappa shape index (κ1) is 16.7. The lowest BCUT2D eigenvalue weighted by Crippen LogP contribution is -2.36. The molecule has 0 radical (unpaired) electrons. The number of likely N-dealkylation sites (tertiary alicyclic amines) is 1. The van der Waals surface area contributed by atoms with Crippen molar-refractivity contribution in [1.82, 2.24) is 10.2 Å². The van der Waals surface area contributed by atoms with Crippen LogP contribution >= 0.6 is 11.3 Å². The minimum atomic E-state index is -1.00. The lowest BCUT2D eigenvalue weighted by atomic mass is 10.1. The van der Waals surface area contributed by atoms with Crippen LogP contribution in [0.25, 0.3) is 0 Å². The number of nitrogens with zero attached hydrogens (tertiary/aromatic N) is 1. The van der Waals surface area contributed by atoms with Gasteiger partial charge in [0.1, 0.15) is 4.88 Å². The van der Waals surface area contributed by atoms with Crippen LogP contribution in [0.2, 0.25) is 0 Å². The molecule has 1 aliphatic rings. The third kappa shape index (κ3) is 4.01. The summed E-state index contributed by atoms with van der Waals surface area (Å²) < 4.78 is 0. The maximum Gasteiger partial charge on any atom is 0.345 e. The van der Waals surface area contributed by atoms with Gasteiger partial charge in [0.2, 0.25) is 0 Å². The molecule has 24 heavy (non-hydrogen) atoms. The van der Waals surface area contributed by atoms with Crippen LogP contribution in [0.1, 0.15) is 44.5 Å². The van der Waals surface area contributed by atoms with Gasteiger partial charge in [0.05, 0.1) is 11.6 Å². The number of aromatic carboxylic acids is 1. The molecule has 0 aliphatic carbocycles. The van der Waals surface area contributed by atoms with Crippen LogP contribution in [0.15, 0.2) is 41.8 Å². The Morgan fingerprint density at radius 3 is 2.54 bits per heavy atom. The van der Waals surface area contributed by atoms with E-state index in [0.717, 1.165) is 36.5 Å². The first-order valence-electron chi connectivity index (χ1n) is 8.03. The van der Waals surface area contributed by atoms with E-state index in [1.807, 2.05) is 30.3 Å². The van der Waals surface area contributed by atoms with Gasteiger partial charge >= 0.3 is 5.97 Å². The van der Waals surface area contributed by atoms with Gasteiger partial charge in [-0.1, -0.05) is 30.3 Å². The van der Waals surface area contributed by atoms with Crippen molar-refractivity contribution in [2.24, 2.45) is 0 Å². The number of benzene rings is 1. The predicted molar refractivity (Wildman–Crippen MR) is 93.6 cm³/mol. The highest BCUT2D eigenvalue weighted by molar-refractivity contribution is 7.12. The number of nitrogens with one attached hydrogen (secondary N) is 1. The third-order valence-corrected chi connectivity index (χ3v) is 5.14. The molecule has 1 amide bonds.